The molecule has 0 aliphatic carbocycles. The largest absolute Gasteiger partial charge is 0.491 e. The van der Waals surface area contributed by atoms with Gasteiger partial charge in [-0.3, -0.25) is 0 Å². The predicted molar refractivity (Wildman–Crippen MR) is 71.9 cm³/mol. The Morgan fingerprint density at radius 2 is 2.00 bits per heavy atom. The topological polar surface area (TPSA) is 61.7 Å². The molecular weight excluding hydrogens is 230 g/mol. The van der Waals surface area contributed by atoms with Crippen molar-refractivity contribution in [3.05, 3.63) is 29.8 Å². The fraction of sp³-hybridized carbons (Fsp3) is 0.571. The number of nitrogens with one attached hydrogen (secondary N) is 1. The first-order valence-corrected chi connectivity index (χ1v) is 6.47. The first-order valence-electron chi connectivity index (χ1n) is 6.47. The van der Waals surface area contributed by atoms with Gasteiger partial charge in [0.05, 0.1) is 0 Å². The lowest BCUT2D eigenvalue weighted by molar-refractivity contribution is 0.106. The van der Waals surface area contributed by atoms with Crippen molar-refractivity contribution in [1.82, 2.24) is 5.32 Å². The number of ether oxygens (including phenoxy) is 1. The van der Waals surface area contributed by atoms with Crippen molar-refractivity contribution in [1.29, 1.82) is 0 Å². The van der Waals surface area contributed by atoms with Gasteiger partial charge in [0.25, 0.3) is 0 Å². The zero-order valence-corrected chi connectivity index (χ0v) is 10.9. The minimum atomic E-state index is -0.492. The van der Waals surface area contributed by atoms with E-state index in [9.17, 15) is 5.11 Å². The van der Waals surface area contributed by atoms with Crippen LogP contribution in [0.3, 0.4) is 0 Å². The second kappa shape index (κ2) is 8.91. The Kier molecular flexibility index (Phi) is 7.41. The molecule has 0 aromatic heterocycles. The highest BCUT2D eigenvalue weighted by Crippen LogP contribution is 2.12. The van der Waals surface area contributed by atoms with Crippen LogP contribution in [0.5, 0.6) is 5.75 Å². The maximum absolute atomic E-state index is 9.66. The molecule has 0 aliphatic heterocycles. The van der Waals surface area contributed by atoms with Crippen LogP contribution >= 0.6 is 0 Å². The fourth-order valence-electron chi connectivity index (χ4n) is 1.58. The predicted octanol–water partition coefficient (Wildman–Crippen LogP) is 0.961. The average molecular weight is 253 g/mol. The number of aliphatic hydroxyl groups is 2. The van der Waals surface area contributed by atoms with Crippen molar-refractivity contribution in [2.24, 2.45) is 0 Å². The molecule has 0 amide bonds. The third kappa shape index (κ3) is 6.00. The quantitative estimate of drug-likeness (QED) is 0.574. The normalized spacial score (nSPS) is 12.4. The summed E-state index contributed by atoms with van der Waals surface area (Å²) in [6.45, 7) is 3.99. The molecule has 0 heterocycles. The molecule has 1 atom stereocenters. The summed E-state index contributed by atoms with van der Waals surface area (Å²) in [6, 6.07) is 7.56. The fourth-order valence-corrected chi connectivity index (χ4v) is 1.58. The second-order valence-electron chi connectivity index (χ2n) is 4.29. The molecule has 4 heteroatoms. The van der Waals surface area contributed by atoms with Gasteiger partial charge in [-0.1, -0.05) is 19.1 Å². The molecule has 1 aromatic carbocycles. The van der Waals surface area contributed by atoms with Crippen LogP contribution in [0.1, 0.15) is 18.9 Å². The number of hydrogen-bond donors (Lipinski definition) is 3. The highest BCUT2D eigenvalue weighted by Gasteiger charge is 2.04. The van der Waals surface area contributed by atoms with Crippen molar-refractivity contribution in [2.45, 2.75) is 25.9 Å². The first-order chi connectivity index (χ1) is 8.76. The van der Waals surface area contributed by atoms with Crippen molar-refractivity contribution in [3.63, 3.8) is 0 Å². The lowest BCUT2D eigenvalue weighted by Gasteiger charge is -2.13. The molecule has 0 spiro atoms. The van der Waals surface area contributed by atoms with Crippen LogP contribution in [0.15, 0.2) is 24.3 Å². The Hall–Kier alpha value is -1.10. The average Bonchev–Trinajstić information content (AvgIpc) is 2.39. The molecule has 18 heavy (non-hydrogen) atoms. The Morgan fingerprint density at radius 3 is 2.61 bits per heavy atom. The lowest BCUT2D eigenvalue weighted by Crippen LogP contribution is -2.31. The van der Waals surface area contributed by atoms with E-state index in [1.54, 1.807) is 0 Å². The van der Waals surface area contributed by atoms with Gasteiger partial charge in [0, 0.05) is 13.2 Å². The second-order valence-corrected chi connectivity index (χ2v) is 4.29. The molecule has 102 valence electrons. The number of benzene rings is 1. The van der Waals surface area contributed by atoms with Gasteiger partial charge >= 0.3 is 0 Å². The molecule has 0 fully saturated rings. The molecule has 3 N–H and O–H groups in total. The number of rotatable bonds is 9. The third-order valence-corrected chi connectivity index (χ3v) is 2.57. The van der Waals surface area contributed by atoms with E-state index in [0.29, 0.717) is 13.0 Å². The van der Waals surface area contributed by atoms with Crippen molar-refractivity contribution in [2.75, 3.05) is 26.3 Å². The van der Waals surface area contributed by atoms with Crippen LogP contribution < -0.4 is 10.1 Å². The number of hydrogen-bond acceptors (Lipinski definition) is 4. The zero-order valence-electron chi connectivity index (χ0n) is 10.9. The Labute approximate surface area is 109 Å². The van der Waals surface area contributed by atoms with Crippen molar-refractivity contribution >= 4 is 0 Å². The molecular formula is C14H23NO3. The molecule has 1 rings (SSSR count). The molecule has 1 unspecified atom stereocenters. The highest BCUT2D eigenvalue weighted by atomic mass is 16.5. The summed E-state index contributed by atoms with van der Waals surface area (Å²) in [5, 5.41) is 21.6. The molecule has 0 saturated heterocycles. The molecule has 4 nitrogen and oxygen atoms in total. The van der Waals surface area contributed by atoms with Crippen LogP contribution in [-0.2, 0) is 6.42 Å². The smallest absolute Gasteiger partial charge is 0.119 e. The summed E-state index contributed by atoms with van der Waals surface area (Å²) >= 11 is 0. The number of aliphatic hydroxyl groups excluding tert-OH is 2. The summed E-state index contributed by atoms with van der Waals surface area (Å²) < 4.78 is 5.48. The Bertz CT molecular complexity index is 313. The standard InChI is InChI=1S/C14H23NO3/c1-2-8-15-10-13(17)11-18-14-5-3-12(4-6-14)7-9-16/h3-6,13,15-17H,2,7-11H2,1H3. The van der Waals surface area contributed by atoms with Crippen LogP contribution in [0.2, 0.25) is 0 Å². The van der Waals surface area contributed by atoms with Gasteiger partial charge < -0.3 is 20.3 Å². The van der Waals surface area contributed by atoms with Crippen LogP contribution in [-0.4, -0.2) is 42.6 Å². The van der Waals surface area contributed by atoms with E-state index in [1.807, 2.05) is 24.3 Å². The Morgan fingerprint density at radius 1 is 1.28 bits per heavy atom. The van der Waals surface area contributed by atoms with Gasteiger partial charge in [-0.2, -0.15) is 0 Å². The Balaban J connectivity index is 2.25. The zero-order chi connectivity index (χ0) is 13.2. The summed E-state index contributed by atoms with van der Waals surface area (Å²) in [7, 11) is 0. The maximum Gasteiger partial charge on any atom is 0.119 e. The molecule has 0 bridgehead atoms. The van der Waals surface area contributed by atoms with Crippen LogP contribution in [0.25, 0.3) is 0 Å². The molecule has 0 radical (unpaired) electrons. The first kappa shape index (κ1) is 15.0. The summed E-state index contributed by atoms with van der Waals surface area (Å²) in [5.41, 5.74) is 1.08. The molecule has 1 aromatic rings. The summed E-state index contributed by atoms with van der Waals surface area (Å²) in [6.07, 6.45) is 1.22. The van der Waals surface area contributed by atoms with E-state index in [-0.39, 0.29) is 13.2 Å². The maximum atomic E-state index is 9.66. The van der Waals surface area contributed by atoms with Gasteiger partial charge in [0.15, 0.2) is 0 Å². The van der Waals surface area contributed by atoms with Crippen LogP contribution in [0, 0.1) is 0 Å². The minimum Gasteiger partial charge on any atom is -0.491 e. The summed E-state index contributed by atoms with van der Waals surface area (Å²) in [5.74, 6) is 0.742. The highest BCUT2D eigenvalue weighted by molar-refractivity contribution is 5.27. The van der Waals surface area contributed by atoms with Gasteiger partial charge in [-0.25, -0.2) is 0 Å². The van der Waals surface area contributed by atoms with E-state index in [4.69, 9.17) is 9.84 Å². The van der Waals surface area contributed by atoms with E-state index >= 15 is 0 Å². The van der Waals surface area contributed by atoms with Gasteiger partial charge in [-0.05, 0) is 37.1 Å². The SMILES string of the molecule is CCCNCC(O)COc1ccc(CCO)cc1. The third-order valence-electron chi connectivity index (χ3n) is 2.57. The van der Waals surface area contributed by atoms with Crippen molar-refractivity contribution in [3.8, 4) is 5.75 Å². The van der Waals surface area contributed by atoms with Gasteiger partial charge in [0.2, 0.25) is 0 Å². The monoisotopic (exact) mass is 253 g/mol. The lowest BCUT2D eigenvalue weighted by atomic mass is 10.1. The van der Waals surface area contributed by atoms with E-state index in [1.165, 1.54) is 0 Å². The van der Waals surface area contributed by atoms with Gasteiger partial charge in [-0.15, -0.1) is 0 Å². The summed E-state index contributed by atoms with van der Waals surface area (Å²) in [4.78, 5) is 0. The van der Waals surface area contributed by atoms with Gasteiger partial charge in [0.1, 0.15) is 18.5 Å². The van der Waals surface area contributed by atoms with E-state index < -0.39 is 6.10 Å². The van der Waals surface area contributed by atoms with E-state index in [0.717, 1.165) is 24.3 Å². The van der Waals surface area contributed by atoms with E-state index in [2.05, 4.69) is 12.2 Å². The van der Waals surface area contributed by atoms with Crippen molar-refractivity contribution < 1.29 is 14.9 Å². The minimum absolute atomic E-state index is 0.155. The molecule has 0 aliphatic rings. The van der Waals surface area contributed by atoms with Crippen LogP contribution in [0.4, 0.5) is 0 Å². The molecule has 0 saturated carbocycles.